The molecule has 2 bridgehead atoms. The molecule has 0 saturated heterocycles. The van der Waals surface area contributed by atoms with Gasteiger partial charge < -0.3 is 5.32 Å². The molecule has 5 atom stereocenters. The van der Waals surface area contributed by atoms with E-state index >= 15 is 0 Å². The molecule has 1 N–H and O–H groups in total. The number of nitrogens with one attached hydrogen (secondary N) is 1. The van der Waals surface area contributed by atoms with Gasteiger partial charge in [-0.2, -0.15) is 0 Å². The lowest BCUT2D eigenvalue weighted by Crippen LogP contribution is -2.49. The van der Waals surface area contributed by atoms with Gasteiger partial charge in [-0.15, -0.1) is 0 Å². The molecule has 3 aliphatic carbocycles. The molecule has 4 aromatic rings. The molecule has 0 amide bonds. The van der Waals surface area contributed by atoms with Crippen molar-refractivity contribution in [1.82, 2.24) is 0 Å². The highest BCUT2D eigenvalue weighted by Crippen LogP contribution is 2.65. The molecule has 2 fully saturated rings. The third kappa shape index (κ3) is 3.22. The Bertz CT molecular complexity index is 1420. The number of benzene rings is 4. The SMILES string of the molecule is CC1CC2CC(C)C3(c4ccccc4-c4cccc(Nc5cccc(-c6ccccc6)c5)c43)C(C1)C2. The van der Waals surface area contributed by atoms with Gasteiger partial charge in [0.2, 0.25) is 0 Å². The summed E-state index contributed by atoms with van der Waals surface area (Å²) in [6.45, 7) is 5.04. The lowest BCUT2D eigenvalue weighted by molar-refractivity contribution is 0.0429. The largest absolute Gasteiger partial charge is 0.355 e. The van der Waals surface area contributed by atoms with Gasteiger partial charge in [0.15, 0.2) is 0 Å². The minimum Gasteiger partial charge on any atom is -0.355 e. The first-order chi connectivity index (χ1) is 17.6. The summed E-state index contributed by atoms with van der Waals surface area (Å²) in [5.74, 6) is 3.04. The van der Waals surface area contributed by atoms with Crippen molar-refractivity contribution in [2.45, 2.75) is 44.9 Å². The third-order valence-electron chi connectivity index (χ3n) is 9.54. The van der Waals surface area contributed by atoms with E-state index in [1.54, 1.807) is 11.1 Å². The van der Waals surface area contributed by atoms with Crippen LogP contribution in [0, 0.1) is 23.7 Å². The number of anilines is 2. The first kappa shape index (κ1) is 21.9. The maximum atomic E-state index is 3.93. The topological polar surface area (TPSA) is 12.0 Å². The van der Waals surface area contributed by atoms with Crippen LogP contribution in [-0.2, 0) is 5.41 Å². The number of fused-ring (bicyclic) bond motifs is 8. The van der Waals surface area contributed by atoms with Crippen LogP contribution in [0.3, 0.4) is 0 Å². The van der Waals surface area contributed by atoms with Gasteiger partial charge in [-0.3, -0.25) is 0 Å². The van der Waals surface area contributed by atoms with Crippen LogP contribution < -0.4 is 5.32 Å². The first-order valence-electron chi connectivity index (χ1n) is 13.8. The molecule has 1 heteroatoms. The lowest BCUT2D eigenvalue weighted by Gasteiger charge is -2.54. The molecular weight excluding hydrogens is 434 g/mol. The van der Waals surface area contributed by atoms with Crippen LogP contribution in [-0.4, -0.2) is 0 Å². The van der Waals surface area contributed by atoms with Crippen molar-refractivity contribution < 1.29 is 0 Å². The van der Waals surface area contributed by atoms with E-state index in [9.17, 15) is 0 Å². The number of hydrogen-bond donors (Lipinski definition) is 1. The summed E-state index contributed by atoms with van der Waals surface area (Å²) in [5, 5.41) is 3.93. The van der Waals surface area contributed by atoms with Crippen LogP contribution in [0.25, 0.3) is 22.3 Å². The van der Waals surface area contributed by atoms with E-state index in [2.05, 4.69) is 116 Å². The molecule has 2 saturated carbocycles. The molecule has 5 unspecified atom stereocenters. The van der Waals surface area contributed by atoms with Crippen molar-refractivity contribution >= 4 is 11.4 Å². The third-order valence-corrected chi connectivity index (χ3v) is 9.54. The standard InChI is InChI=1S/C35H35N/c1-23-18-25-20-24(2)35(28(19-23)21-25)32-16-7-6-14-30(32)31-15-9-17-33(34(31)35)36-29-13-8-12-27(22-29)26-10-4-3-5-11-26/h3-17,22-25,28,36H,18-21H2,1-2H3. The van der Waals surface area contributed by atoms with Gasteiger partial charge in [0.25, 0.3) is 0 Å². The fourth-order valence-corrected chi connectivity index (χ4v) is 8.44. The summed E-state index contributed by atoms with van der Waals surface area (Å²) in [5.41, 5.74) is 11.1. The van der Waals surface area contributed by atoms with Gasteiger partial charge in [0.1, 0.15) is 0 Å². The normalized spacial score (nSPS) is 27.9. The van der Waals surface area contributed by atoms with Gasteiger partial charge in [-0.05, 0) is 101 Å². The van der Waals surface area contributed by atoms with Gasteiger partial charge in [-0.25, -0.2) is 0 Å². The predicted molar refractivity (Wildman–Crippen MR) is 152 cm³/mol. The van der Waals surface area contributed by atoms with Crippen molar-refractivity contribution in [2.75, 3.05) is 5.32 Å². The van der Waals surface area contributed by atoms with E-state index in [-0.39, 0.29) is 5.41 Å². The van der Waals surface area contributed by atoms with Crippen LogP contribution in [0.1, 0.15) is 50.7 Å². The first-order valence-corrected chi connectivity index (χ1v) is 13.8. The smallest absolute Gasteiger partial charge is 0.0432 e. The molecule has 1 spiro atoms. The fourth-order valence-electron chi connectivity index (χ4n) is 8.44. The fraction of sp³-hybridized carbons (Fsp3) is 0.314. The van der Waals surface area contributed by atoms with E-state index < -0.39 is 0 Å². The maximum absolute atomic E-state index is 3.93. The van der Waals surface area contributed by atoms with E-state index in [0.717, 1.165) is 17.5 Å². The Hall–Kier alpha value is -3.32. The quantitative estimate of drug-likeness (QED) is 0.315. The summed E-state index contributed by atoms with van der Waals surface area (Å²) < 4.78 is 0. The molecule has 1 nitrogen and oxygen atoms in total. The molecule has 0 radical (unpaired) electrons. The van der Waals surface area contributed by atoms with Crippen molar-refractivity contribution in [3.8, 4) is 22.3 Å². The van der Waals surface area contributed by atoms with Gasteiger partial charge in [-0.1, -0.05) is 92.7 Å². The zero-order valence-electron chi connectivity index (χ0n) is 21.4. The minimum absolute atomic E-state index is 0.0950. The molecule has 4 aromatic carbocycles. The molecule has 3 aliphatic rings. The van der Waals surface area contributed by atoms with Crippen molar-refractivity contribution in [3.05, 3.63) is 108 Å². The monoisotopic (exact) mass is 469 g/mol. The second kappa shape index (κ2) is 8.37. The molecular formula is C35H35N. The van der Waals surface area contributed by atoms with Gasteiger partial charge in [0, 0.05) is 16.8 Å². The summed E-state index contributed by atoms with van der Waals surface area (Å²) in [6.07, 6.45) is 5.47. The average Bonchev–Trinajstić information content (AvgIpc) is 3.21. The second-order valence-electron chi connectivity index (χ2n) is 11.7. The van der Waals surface area contributed by atoms with Crippen LogP contribution in [0.5, 0.6) is 0 Å². The van der Waals surface area contributed by atoms with Crippen LogP contribution in [0.2, 0.25) is 0 Å². The zero-order chi connectivity index (χ0) is 24.3. The minimum atomic E-state index is 0.0950. The zero-order valence-corrected chi connectivity index (χ0v) is 21.4. The Morgan fingerprint density at radius 2 is 1.42 bits per heavy atom. The summed E-state index contributed by atoms with van der Waals surface area (Å²) in [6, 6.07) is 35.8. The van der Waals surface area contributed by atoms with E-state index in [0.29, 0.717) is 11.8 Å². The van der Waals surface area contributed by atoms with E-state index in [1.165, 1.54) is 53.6 Å². The predicted octanol–water partition coefficient (Wildman–Crippen LogP) is 9.46. The molecule has 0 aliphatic heterocycles. The van der Waals surface area contributed by atoms with Crippen molar-refractivity contribution in [3.63, 3.8) is 0 Å². The Morgan fingerprint density at radius 1 is 0.667 bits per heavy atom. The molecule has 36 heavy (non-hydrogen) atoms. The van der Waals surface area contributed by atoms with Crippen LogP contribution in [0.4, 0.5) is 11.4 Å². The molecule has 180 valence electrons. The highest BCUT2D eigenvalue weighted by molar-refractivity contribution is 5.88. The Labute approximate surface area is 215 Å². The highest BCUT2D eigenvalue weighted by Gasteiger charge is 2.57. The van der Waals surface area contributed by atoms with Gasteiger partial charge >= 0.3 is 0 Å². The van der Waals surface area contributed by atoms with Crippen molar-refractivity contribution in [1.29, 1.82) is 0 Å². The van der Waals surface area contributed by atoms with Crippen LogP contribution in [0.15, 0.2) is 97.1 Å². The van der Waals surface area contributed by atoms with Gasteiger partial charge in [0.05, 0.1) is 0 Å². The highest BCUT2D eigenvalue weighted by atomic mass is 14.9. The molecule has 0 heterocycles. The molecule has 0 aromatic heterocycles. The molecule has 7 rings (SSSR count). The Balaban J connectivity index is 1.38. The summed E-state index contributed by atoms with van der Waals surface area (Å²) in [7, 11) is 0. The van der Waals surface area contributed by atoms with E-state index in [1.807, 2.05) is 0 Å². The van der Waals surface area contributed by atoms with Crippen LogP contribution >= 0.6 is 0 Å². The van der Waals surface area contributed by atoms with Crippen molar-refractivity contribution in [2.24, 2.45) is 23.7 Å². The number of hydrogen-bond acceptors (Lipinski definition) is 1. The number of rotatable bonds is 3. The summed E-state index contributed by atoms with van der Waals surface area (Å²) in [4.78, 5) is 0. The Morgan fingerprint density at radius 3 is 2.31 bits per heavy atom. The van der Waals surface area contributed by atoms with E-state index in [4.69, 9.17) is 0 Å². The second-order valence-corrected chi connectivity index (χ2v) is 11.7. The maximum Gasteiger partial charge on any atom is 0.0432 e. The lowest BCUT2D eigenvalue weighted by atomic mass is 9.49. The summed E-state index contributed by atoms with van der Waals surface area (Å²) >= 11 is 0. The Kier molecular flexibility index (Phi) is 5.10. The average molecular weight is 470 g/mol.